The van der Waals surface area contributed by atoms with Gasteiger partial charge in [-0.25, -0.2) is 0 Å². The minimum Gasteiger partial charge on any atom is -0.350 e. The second kappa shape index (κ2) is 8.03. The molecule has 27 heavy (non-hydrogen) atoms. The van der Waals surface area contributed by atoms with Gasteiger partial charge < -0.3 is 10.6 Å². The minimum absolute atomic E-state index is 0.136. The second-order valence-corrected chi connectivity index (χ2v) is 9.18. The number of hydrogen-bond donors (Lipinski definition) is 2. The van der Waals surface area contributed by atoms with Crippen LogP contribution < -0.4 is 10.6 Å². The average molecular weight is 493 g/mol. The molecule has 1 amide bonds. The molecule has 2 aliphatic rings. The van der Waals surface area contributed by atoms with Crippen LogP contribution in [0.15, 0.2) is 51.4 Å². The monoisotopic (exact) mass is 491 g/mol. The molecular formula is C21H23Br2N3O. The van der Waals surface area contributed by atoms with Crippen LogP contribution in [0.2, 0.25) is 0 Å². The molecule has 0 atom stereocenters. The first-order chi connectivity index (χ1) is 13.1. The van der Waals surface area contributed by atoms with Crippen molar-refractivity contribution in [3.05, 3.63) is 68.1 Å². The van der Waals surface area contributed by atoms with Crippen molar-refractivity contribution < 1.29 is 4.79 Å². The van der Waals surface area contributed by atoms with Gasteiger partial charge in [0, 0.05) is 54.5 Å². The summed E-state index contributed by atoms with van der Waals surface area (Å²) in [5, 5.41) is 6.63. The maximum absolute atomic E-state index is 13.5. The maximum atomic E-state index is 13.5. The predicted octanol–water partition coefficient (Wildman–Crippen LogP) is 3.27. The van der Waals surface area contributed by atoms with E-state index in [1.165, 1.54) is 11.1 Å². The van der Waals surface area contributed by atoms with E-state index < -0.39 is 5.54 Å². The number of piperazine rings is 1. The number of carbonyl (C=O) groups excluding carboxylic acids is 1. The van der Waals surface area contributed by atoms with Crippen molar-refractivity contribution in [2.45, 2.75) is 24.9 Å². The normalized spacial score (nSPS) is 18.9. The Hall–Kier alpha value is -1.21. The summed E-state index contributed by atoms with van der Waals surface area (Å²) in [5.41, 5.74) is 3.21. The van der Waals surface area contributed by atoms with Gasteiger partial charge in [-0.15, -0.1) is 0 Å². The van der Waals surface area contributed by atoms with Crippen molar-refractivity contribution in [2.75, 3.05) is 26.2 Å². The van der Waals surface area contributed by atoms with Gasteiger partial charge in [-0.1, -0.05) is 56.1 Å². The highest BCUT2D eigenvalue weighted by Gasteiger charge is 2.48. The molecule has 0 unspecified atom stereocenters. The van der Waals surface area contributed by atoms with Crippen LogP contribution in [0.5, 0.6) is 0 Å². The van der Waals surface area contributed by atoms with E-state index in [1.54, 1.807) is 0 Å². The molecule has 2 aromatic rings. The average Bonchev–Trinajstić information content (AvgIpc) is 3.07. The largest absolute Gasteiger partial charge is 0.350 e. The molecule has 142 valence electrons. The Morgan fingerprint density at radius 1 is 1.04 bits per heavy atom. The SMILES string of the molecule is O=C(NCc1cc(Br)cc(Br)c1)C1(N2CCNCC2)Cc2ccccc2C1. The first-order valence-electron chi connectivity index (χ1n) is 9.33. The van der Waals surface area contributed by atoms with E-state index >= 15 is 0 Å². The summed E-state index contributed by atoms with van der Waals surface area (Å²) in [5.74, 6) is 0.136. The zero-order valence-corrected chi connectivity index (χ0v) is 18.3. The Kier molecular flexibility index (Phi) is 5.69. The van der Waals surface area contributed by atoms with E-state index in [1.807, 2.05) is 18.2 Å². The Bertz CT molecular complexity index is 804. The zero-order valence-electron chi connectivity index (χ0n) is 15.1. The summed E-state index contributed by atoms with van der Waals surface area (Å²) in [4.78, 5) is 15.9. The molecule has 0 spiro atoms. The van der Waals surface area contributed by atoms with Crippen molar-refractivity contribution in [1.82, 2.24) is 15.5 Å². The third-order valence-electron chi connectivity index (χ3n) is 5.60. The van der Waals surface area contributed by atoms with Crippen molar-refractivity contribution in [3.8, 4) is 0 Å². The third-order valence-corrected chi connectivity index (χ3v) is 6.52. The maximum Gasteiger partial charge on any atom is 0.241 e. The van der Waals surface area contributed by atoms with E-state index in [9.17, 15) is 4.79 Å². The number of fused-ring (bicyclic) bond motifs is 1. The van der Waals surface area contributed by atoms with Crippen molar-refractivity contribution in [2.24, 2.45) is 0 Å². The van der Waals surface area contributed by atoms with Gasteiger partial charge in [0.2, 0.25) is 5.91 Å². The highest BCUT2D eigenvalue weighted by atomic mass is 79.9. The summed E-state index contributed by atoms with van der Waals surface area (Å²) < 4.78 is 2.01. The van der Waals surface area contributed by atoms with E-state index in [-0.39, 0.29) is 5.91 Å². The number of carbonyl (C=O) groups is 1. The summed E-state index contributed by atoms with van der Waals surface area (Å²) in [6.45, 7) is 4.21. The summed E-state index contributed by atoms with van der Waals surface area (Å²) >= 11 is 7.04. The first kappa shape index (κ1) is 19.1. The number of amides is 1. The summed E-state index contributed by atoms with van der Waals surface area (Å²) in [7, 11) is 0. The van der Waals surface area contributed by atoms with Gasteiger partial charge in [0.05, 0.1) is 0 Å². The lowest BCUT2D eigenvalue weighted by Gasteiger charge is -2.42. The molecule has 0 saturated carbocycles. The van der Waals surface area contributed by atoms with Gasteiger partial charge >= 0.3 is 0 Å². The van der Waals surface area contributed by atoms with Gasteiger partial charge in [-0.3, -0.25) is 9.69 Å². The molecule has 4 nitrogen and oxygen atoms in total. The smallest absolute Gasteiger partial charge is 0.241 e. The predicted molar refractivity (Wildman–Crippen MR) is 115 cm³/mol. The molecule has 0 aromatic heterocycles. The fourth-order valence-corrected chi connectivity index (χ4v) is 5.66. The van der Waals surface area contributed by atoms with Gasteiger partial charge in [0.25, 0.3) is 0 Å². The standard InChI is InChI=1S/C21H23Br2N3O/c22-18-9-15(10-19(23)11-18)14-25-20(27)21(26-7-5-24-6-8-26)12-16-3-1-2-4-17(16)13-21/h1-4,9-11,24H,5-8,12-14H2,(H,25,27). The number of halogens is 2. The lowest BCUT2D eigenvalue weighted by atomic mass is 9.91. The molecule has 6 heteroatoms. The van der Waals surface area contributed by atoms with Crippen LogP contribution in [0.3, 0.4) is 0 Å². The Labute approximate surface area is 177 Å². The van der Waals surface area contributed by atoms with Crippen molar-refractivity contribution >= 4 is 37.8 Å². The molecule has 2 aromatic carbocycles. The molecule has 1 heterocycles. The van der Waals surface area contributed by atoms with Gasteiger partial charge in [-0.2, -0.15) is 0 Å². The molecule has 1 aliphatic carbocycles. The first-order valence-corrected chi connectivity index (χ1v) is 10.9. The highest BCUT2D eigenvalue weighted by Crippen LogP contribution is 2.35. The van der Waals surface area contributed by atoms with E-state index in [0.717, 1.165) is 53.5 Å². The zero-order chi connectivity index (χ0) is 18.9. The Balaban J connectivity index is 1.56. The van der Waals surface area contributed by atoms with Crippen molar-refractivity contribution in [3.63, 3.8) is 0 Å². The number of nitrogens with one attached hydrogen (secondary N) is 2. The summed E-state index contributed by atoms with van der Waals surface area (Å²) in [6.07, 6.45) is 1.58. The topological polar surface area (TPSA) is 44.4 Å². The van der Waals surface area contributed by atoms with Gasteiger partial charge in [-0.05, 0) is 34.9 Å². The lowest BCUT2D eigenvalue weighted by Crippen LogP contribution is -2.63. The fraction of sp³-hybridized carbons (Fsp3) is 0.381. The fourth-order valence-electron chi connectivity index (χ4n) is 4.28. The van der Waals surface area contributed by atoms with E-state index in [4.69, 9.17) is 0 Å². The second-order valence-electron chi connectivity index (χ2n) is 7.35. The van der Waals surface area contributed by atoms with Crippen LogP contribution in [0.4, 0.5) is 0 Å². The Morgan fingerprint density at radius 3 is 2.22 bits per heavy atom. The molecule has 0 bridgehead atoms. The highest BCUT2D eigenvalue weighted by molar-refractivity contribution is 9.11. The van der Waals surface area contributed by atoms with E-state index in [2.05, 4.69) is 71.7 Å². The lowest BCUT2D eigenvalue weighted by molar-refractivity contribution is -0.134. The molecule has 4 rings (SSSR count). The third kappa shape index (κ3) is 3.99. The molecular weight excluding hydrogens is 470 g/mol. The van der Waals surface area contributed by atoms with Crippen LogP contribution in [-0.2, 0) is 24.2 Å². The van der Waals surface area contributed by atoms with Crippen LogP contribution in [0.25, 0.3) is 0 Å². The molecule has 0 radical (unpaired) electrons. The number of nitrogens with zero attached hydrogens (tertiary/aromatic N) is 1. The molecule has 1 saturated heterocycles. The molecule has 2 N–H and O–H groups in total. The van der Waals surface area contributed by atoms with Gasteiger partial charge in [0.15, 0.2) is 0 Å². The van der Waals surface area contributed by atoms with Crippen LogP contribution in [0, 0.1) is 0 Å². The quantitative estimate of drug-likeness (QED) is 0.688. The van der Waals surface area contributed by atoms with Crippen LogP contribution >= 0.6 is 31.9 Å². The van der Waals surface area contributed by atoms with Gasteiger partial charge in [0.1, 0.15) is 5.54 Å². The molecule has 1 aliphatic heterocycles. The number of benzene rings is 2. The van der Waals surface area contributed by atoms with Crippen LogP contribution in [-0.4, -0.2) is 42.5 Å². The number of rotatable bonds is 4. The molecule has 1 fully saturated rings. The van der Waals surface area contributed by atoms with Crippen LogP contribution in [0.1, 0.15) is 16.7 Å². The van der Waals surface area contributed by atoms with Crippen molar-refractivity contribution in [1.29, 1.82) is 0 Å². The Morgan fingerprint density at radius 2 is 1.63 bits per heavy atom. The minimum atomic E-state index is -0.477. The summed E-state index contributed by atoms with van der Waals surface area (Å²) in [6, 6.07) is 14.6. The van der Waals surface area contributed by atoms with E-state index in [0.29, 0.717) is 6.54 Å². The number of hydrogen-bond acceptors (Lipinski definition) is 3.